The van der Waals surface area contributed by atoms with Gasteiger partial charge < -0.3 is 15.3 Å². The zero-order valence-corrected chi connectivity index (χ0v) is 21.0. The molecule has 0 saturated carbocycles. The van der Waals surface area contributed by atoms with E-state index in [2.05, 4.69) is 10.3 Å². The number of aliphatic carboxylic acids is 1. The van der Waals surface area contributed by atoms with Gasteiger partial charge in [-0.05, 0) is 31.2 Å². The average Bonchev–Trinajstić information content (AvgIpc) is 3.53. The van der Waals surface area contributed by atoms with Gasteiger partial charge in [-0.3, -0.25) is 19.7 Å². The lowest BCUT2D eigenvalue weighted by Gasteiger charge is -2.38. The molecular weight excluding hydrogens is 502 g/mol. The molecule has 0 aromatic heterocycles. The zero-order valence-electron chi connectivity index (χ0n) is 20.2. The van der Waals surface area contributed by atoms with Crippen LogP contribution in [-0.2, 0) is 35.0 Å². The molecule has 0 bridgehead atoms. The number of nitrogens with one attached hydrogen (secondary N) is 1. The number of ketones is 1. The Labute approximate surface area is 214 Å². The van der Waals surface area contributed by atoms with Crippen LogP contribution in [0.2, 0.25) is 0 Å². The number of Topliss-reactive ketones (excluding diaryl/α,β-unsaturated/α-hetero) is 1. The number of aliphatic imine (C=N–C) groups is 1. The molecule has 1 aromatic rings. The number of piperazine rings is 1. The highest BCUT2D eigenvalue weighted by Crippen LogP contribution is 2.30. The van der Waals surface area contributed by atoms with Crippen molar-refractivity contribution in [3.05, 3.63) is 47.8 Å². The molecule has 3 aliphatic rings. The Bertz CT molecular complexity index is 1230. The number of fused-ring (bicyclic) bond motifs is 1. The number of carboxylic acids is 1. The van der Waals surface area contributed by atoms with Crippen molar-refractivity contribution in [1.82, 2.24) is 14.5 Å². The summed E-state index contributed by atoms with van der Waals surface area (Å²) in [5.41, 5.74) is 1.56. The fourth-order valence-corrected chi connectivity index (χ4v) is 6.48. The third kappa shape index (κ3) is 6.29. The molecule has 37 heavy (non-hydrogen) atoms. The summed E-state index contributed by atoms with van der Waals surface area (Å²) in [5.74, 6) is -4.08. The SMILES string of the molecule is O=C(O)C(=O)C(CCCC1=CN=C[NH2+]1)NC(=O)[C@@H]1CC[C@H]2CN(S(=O)(=O)Cc3ccccc3)CC(=O)N21. The van der Waals surface area contributed by atoms with Crippen molar-refractivity contribution in [3.8, 4) is 0 Å². The van der Waals surface area contributed by atoms with Crippen LogP contribution in [0.3, 0.4) is 0 Å². The minimum atomic E-state index is -3.74. The molecule has 0 spiro atoms. The lowest BCUT2D eigenvalue weighted by Crippen LogP contribution is -2.78. The second-order valence-electron chi connectivity index (χ2n) is 9.37. The summed E-state index contributed by atoms with van der Waals surface area (Å²) in [6.07, 6.45) is 5.18. The number of carboxylic acid groups (broad SMARTS) is 1. The lowest BCUT2D eigenvalue weighted by atomic mass is 10.0. The summed E-state index contributed by atoms with van der Waals surface area (Å²) in [4.78, 5) is 55.1. The molecule has 3 aliphatic heterocycles. The second kappa shape index (κ2) is 11.3. The first-order valence-corrected chi connectivity index (χ1v) is 13.7. The standard InChI is InChI=1S/C24H29N5O7S/c30-21-13-28(37(35,36)14-16-5-2-1-3-6-16)12-18-9-10-20(29(18)21)23(32)27-19(22(31)24(33)34)8-4-7-17-11-25-15-26-17/h1-3,5-6,11,15,18-20H,4,7-10,12-14H2,(H,25,26)(H,27,32)(H,33,34)/p+1/t18-,19?,20-/m0/s1. The number of nitrogens with two attached hydrogens (primary N) is 1. The van der Waals surface area contributed by atoms with Crippen molar-refractivity contribution in [1.29, 1.82) is 0 Å². The Kier molecular flexibility index (Phi) is 8.15. The molecule has 2 amide bonds. The van der Waals surface area contributed by atoms with Crippen molar-refractivity contribution in [2.45, 2.75) is 56.0 Å². The van der Waals surface area contributed by atoms with E-state index in [9.17, 15) is 32.7 Å². The minimum Gasteiger partial charge on any atom is -0.475 e. The number of hydrogen-bond acceptors (Lipinski definition) is 7. The van der Waals surface area contributed by atoms with Gasteiger partial charge in [0.15, 0.2) is 6.34 Å². The van der Waals surface area contributed by atoms with Crippen LogP contribution in [0.4, 0.5) is 0 Å². The maximum absolute atomic E-state index is 13.1. The van der Waals surface area contributed by atoms with E-state index in [-0.39, 0.29) is 25.3 Å². The van der Waals surface area contributed by atoms with E-state index in [0.29, 0.717) is 31.2 Å². The quantitative estimate of drug-likeness (QED) is 0.305. The van der Waals surface area contributed by atoms with E-state index in [1.165, 1.54) is 9.21 Å². The molecule has 2 saturated heterocycles. The fourth-order valence-electron chi connectivity index (χ4n) is 4.98. The summed E-state index contributed by atoms with van der Waals surface area (Å²) in [7, 11) is -3.74. The number of carbonyl (C=O) groups excluding carboxylic acids is 3. The third-order valence-electron chi connectivity index (χ3n) is 6.82. The second-order valence-corrected chi connectivity index (χ2v) is 11.3. The number of sulfonamides is 1. The molecule has 3 heterocycles. The molecule has 1 unspecified atom stereocenters. The van der Waals surface area contributed by atoms with Crippen LogP contribution >= 0.6 is 0 Å². The average molecular weight is 533 g/mol. The predicted octanol–water partition coefficient (Wildman–Crippen LogP) is -1.05. The number of benzene rings is 1. The molecule has 3 atom stereocenters. The van der Waals surface area contributed by atoms with E-state index in [4.69, 9.17) is 0 Å². The first-order chi connectivity index (χ1) is 17.7. The number of quaternary nitrogens is 1. The van der Waals surface area contributed by atoms with Gasteiger partial charge in [-0.2, -0.15) is 4.31 Å². The zero-order chi connectivity index (χ0) is 26.6. The minimum absolute atomic E-state index is 0.0792. The van der Waals surface area contributed by atoms with Gasteiger partial charge in [-0.1, -0.05) is 30.3 Å². The smallest absolute Gasteiger partial charge is 0.374 e. The Hall–Kier alpha value is -3.42. The van der Waals surface area contributed by atoms with Crippen LogP contribution in [0.15, 0.2) is 47.2 Å². The van der Waals surface area contributed by atoms with Crippen LogP contribution in [-0.4, -0.2) is 83.8 Å². The summed E-state index contributed by atoms with van der Waals surface area (Å²) >= 11 is 0. The molecule has 198 valence electrons. The van der Waals surface area contributed by atoms with E-state index in [1.54, 1.807) is 42.9 Å². The van der Waals surface area contributed by atoms with Gasteiger partial charge in [0.2, 0.25) is 21.8 Å². The fraction of sp³-hybridized carbons (Fsp3) is 0.458. The van der Waals surface area contributed by atoms with Crippen LogP contribution in [0.1, 0.15) is 37.7 Å². The lowest BCUT2D eigenvalue weighted by molar-refractivity contribution is -0.472. The highest BCUT2D eigenvalue weighted by atomic mass is 32.2. The Morgan fingerprint density at radius 1 is 1.19 bits per heavy atom. The molecule has 13 heteroatoms. The Morgan fingerprint density at radius 2 is 1.95 bits per heavy atom. The first-order valence-electron chi connectivity index (χ1n) is 12.1. The topological polar surface area (TPSA) is 170 Å². The van der Waals surface area contributed by atoms with Gasteiger partial charge in [-0.15, -0.1) is 0 Å². The highest BCUT2D eigenvalue weighted by Gasteiger charge is 2.47. The summed E-state index contributed by atoms with van der Waals surface area (Å²) < 4.78 is 27.1. The van der Waals surface area contributed by atoms with E-state index in [0.717, 1.165) is 5.70 Å². The van der Waals surface area contributed by atoms with E-state index in [1.807, 2.05) is 5.32 Å². The van der Waals surface area contributed by atoms with Gasteiger partial charge in [0.1, 0.15) is 11.7 Å². The van der Waals surface area contributed by atoms with Gasteiger partial charge in [0, 0.05) is 19.0 Å². The van der Waals surface area contributed by atoms with Crippen molar-refractivity contribution in [2.24, 2.45) is 4.99 Å². The van der Waals surface area contributed by atoms with E-state index >= 15 is 0 Å². The molecule has 4 rings (SSSR count). The molecule has 4 N–H and O–H groups in total. The number of allylic oxidation sites excluding steroid dienone is 1. The largest absolute Gasteiger partial charge is 0.475 e. The van der Waals surface area contributed by atoms with Crippen LogP contribution < -0.4 is 10.6 Å². The Balaban J connectivity index is 1.38. The first kappa shape index (κ1) is 26.6. The van der Waals surface area contributed by atoms with Gasteiger partial charge in [0.25, 0.3) is 5.78 Å². The maximum atomic E-state index is 13.1. The highest BCUT2D eigenvalue weighted by molar-refractivity contribution is 7.88. The molecular formula is C24H30N5O7S+. The van der Waals surface area contributed by atoms with Crippen LogP contribution in [0, 0.1) is 0 Å². The maximum Gasteiger partial charge on any atom is 0.374 e. The normalized spacial score (nSPS) is 22.4. The summed E-state index contributed by atoms with van der Waals surface area (Å²) in [5, 5.41) is 13.6. The van der Waals surface area contributed by atoms with Gasteiger partial charge in [0.05, 0.1) is 24.5 Å². The van der Waals surface area contributed by atoms with Gasteiger partial charge in [-0.25, -0.2) is 18.2 Å². The summed E-state index contributed by atoms with van der Waals surface area (Å²) in [6, 6.07) is 6.10. The summed E-state index contributed by atoms with van der Waals surface area (Å²) in [6.45, 7) is -0.295. The van der Waals surface area contributed by atoms with E-state index < -0.39 is 51.7 Å². The molecule has 12 nitrogen and oxygen atoms in total. The monoisotopic (exact) mass is 532 g/mol. The van der Waals surface area contributed by atoms with Crippen molar-refractivity contribution < 1.29 is 38.0 Å². The number of amides is 2. The number of nitrogens with zero attached hydrogens (tertiary/aromatic N) is 3. The third-order valence-corrected chi connectivity index (χ3v) is 8.58. The molecule has 0 radical (unpaired) electrons. The van der Waals surface area contributed by atoms with Crippen LogP contribution in [0.5, 0.6) is 0 Å². The molecule has 1 aromatic carbocycles. The molecule has 0 aliphatic carbocycles. The van der Waals surface area contributed by atoms with Crippen LogP contribution in [0.25, 0.3) is 0 Å². The molecule has 2 fully saturated rings. The number of rotatable bonds is 11. The predicted molar refractivity (Wildman–Crippen MR) is 131 cm³/mol. The number of hydrogen-bond donors (Lipinski definition) is 3. The van der Waals surface area contributed by atoms with Crippen molar-refractivity contribution in [2.75, 3.05) is 13.1 Å². The Morgan fingerprint density at radius 3 is 2.62 bits per heavy atom. The van der Waals surface area contributed by atoms with Crippen molar-refractivity contribution >= 4 is 39.9 Å². The van der Waals surface area contributed by atoms with Crippen molar-refractivity contribution in [3.63, 3.8) is 0 Å². The van der Waals surface area contributed by atoms with Gasteiger partial charge >= 0.3 is 5.97 Å². The number of carbonyl (C=O) groups is 4.